The number of nitrogens with zero attached hydrogens (tertiary/aromatic N) is 1. The summed E-state index contributed by atoms with van der Waals surface area (Å²) in [5, 5.41) is 3.49. The average molecular weight is 208 g/mol. The summed E-state index contributed by atoms with van der Waals surface area (Å²) in [5.41, 5.74) is 0.293. The lowest BCUT2D eigenvalue weighted by atomic mass is 9.92. The minimum absolute atomic E-state index is 0.293. The first-order valence-corrected chi connectivity index (χ1v) is 5.64. The predicted molar refractivity (Wildman–Crippen MR) is 60.9 cm³/mol. The van der Waals surface area contributed by atoms with Crippen molar-refractivity contribution in [3.63, 3.8) is 0 Å². The van der Waals surface area contributed by atoms with Crippen LogP contribution in [-0.4, -0.2) is 37.6 Å². The molecule has 1 aliphatic heterocycles. The minimum atomic E-state index is 0.293. The van der Waals surface area contributed by atoms with Crippen LogP contribution in [0.2, 0.25) is 0 Å². The third kappa shape index (κ3) is 2.41. The highest BCUT2D eigenvalue weighted by atomic mass is 16.3. The van der Waals surface area contributed by atoms with Crippen molar-refractivity contribution >= 4 is 0 Å². The molecule has 0 bridgehead atoms. The Labute approximate surface area is 91.4 Å². The fraction of sp³-hybridized carbons (Fsp3) is 0.667. The molecule has 1 N–H and O–H groups in total. The van der Waals surface area contributed by atoms with Crippen LogP contribution >= 0.6 is 0 Å². The van der Waals surface area contributed by atoms with Gasteiger partial charge in [0.05, 0.1) is 6.26 Å². The molecular formula is C12H20N2O. The van der Waals surface area contributed by atoms with Gasteiger partial charge in [-0.3, -0.25) is 0 Å². The Hall–Kier alpha value is -0.800. The highest BCUT2D eigenvalue weighted by Crippen LogP contribution is 2.25. The average Bonchev–Trinajstić information content (AvgIpc) is 2.85. The maximum absolute atomic E-state index is 5.37. The van der Waals surface area contributed by atoms with Crippen molar-refractivity contribution in [3.8, 4) is 0 Å². The van der Waals surface area contributed by atoms with E-state index in [1.807, 2.05) is 6.07 Å². The molecular weight excluding hydrogens is 188 g/mol. The Bertz CT molecular complexity index is 297. The van der Waals surface area contributed by atoms with E-state index in [2.05, 4.69) is 30.4 Å². The Morgan fingerprint density at radius 2 is 2.47 bits per heavy atom. The summed E-state index contributed by atoms with van der Waals surface area (Å²) >= 11 is 0. The van der Waals surface area contributed by atoms with Gasteiger partial charge in [0.15, 0.2) is 0 Å². The first kappa shape index (κ1) is 10.7. The van der Waals surface area contributed by atoms with Crippen LogP contribution < -0.4 is 5.32 Å². The first-order chi connectivity index (χ1) is 7.24. The number of hydrogen-bond acceptors (Lipinski definition) is 3. The van der Waals surface area contributed by atoms with Crippen molar-refractivity contribution in [2.45, 2.75) is 24.8 Å². The second kappa shape index (κ2) is 4.37. The predicted octanol–water partition coefficient (Wildman–Crippen LogP) is 1.51. The van der Waals surface area contributed by atoms with Crippen molar-refractivity contribution < 1.29 is 4.42 Å². The lowest BCUT2D eigenvalue weighted by molar-refractivity contribution is 0.304. The normalized spacial score (nSPS) is 27.3. The Kier molecular flexibility index (Phi) is 3.12. The van der Waals surface area contributed by atoms with Crippen LogP contribution in [0.3, 0.4) is 0 Å². The van der Waals surface area contributed by atoms with Gasteiger partial charge in [-0.2, -0.15) is 0 Å². The Morgan fingerprint density at radius 3 is 3.00 bits per heavy atom. The van der Waals surface area contributed by atoms with Crippen molar-refractivity contribution in [3.05, 3.63) is 24.2 Å². The van der Waals surface area contributed by atoms with Gasteiger partial charge in [-0.05, 0) is 45.6 Å². The quantitative estimate of drug-likeness (QED) is 0.813. The SMILES string of the molecule is CNC1(CCc2ccco2)CCN(C)C1. The summed E-state index contributed by atoms with van der Waals surface area (Å²) < 4.78 is 5.37. The van der Waals surface area contributed by atoms with Gasteiger partial charge in [0.2, 0.25) is 0 Å². The Balaban J connectivity index is 1.91. The largest absolute Gasteiger partial charge is 0.469 e. The van der Waals surface area contributed by atoms with E-state index < -0.39 is 0 Å². The second-order valence-corrected chi connectivity index (χ2v) is 4.60. The van der Waals surface area contributed by atoms with E-state index in [4.69, 9.17) is 4.42 Å². The van der Waals surface area contributed by atoms with Crippen molar-refractivity contribution in [2.75, 3.05) is 27.2 Å². The van der Waals surface area contributed by atoms with E-state index in [-0.39, 0.29) is 0 Å². The maximum atomic E-state index is 5.37. The van der Waals surface area contributed by atoms with Crippen LogP contribution in [0.1, 0.15) is 18.6 Å². The van der Waals surface area contributed by atoms with Crippen molar-refractivity contribution in [1.29, 1.82) is 0 Å². The van der Waals surface area contributed by atoms with Gasteiger partial charge in [0.25, 0.3) is 0 Å². The van der Waals surface area contributed by atoms with Gasteiger partial charge < -0.3 is 14.6 Å². The van der Waals surface area contributed by atoms with E-state index in [0.717, 1.165) is 25.1 Å². The van der Waals surface area contributed by atoms with Crippen molar-refractivity contribution in [2.24, 2.45) is 0 Å². The Morgan fingerprint density at radius 1 is 1.60 bits per heavy atom. The molecule has 0 amide bonds. The molecule has 2 heterocycles. The van der Waals surface area contributed by atoms with E-state index in [0.29, 0.717) is 5.54 Å². The molecule has 1 saturated heterocycles. The van der Waals surface area contributed by atoms with Crippen LogP contribution in [0.15, 0.2) is 22.8 Å². The summed E-state index contributed by atoms with van der Waals surface area (Å²) in [4.78, 5) is 2.39. The molecule has 1 aromatic heterocycles. The lowest BCUT2D eigenvalue weighted by Gasteiger charge is -2.28. The van der Waals surface area contributed by atoms with Crippen LogP contribution in [0.25, 0.3) is 0 Å². The molecule has 0 aliphatic carbocycles. The van der Waals surface area contributed by atoms with Crippen LogP contribution in [0.4, 0.5) is 0 Å². The van der Waals surface area contributed by atoms with E-state index in [9.17, 15) is 0 Å². The summed E-state index contributed by atoms with van der Waals surface area (Å²) in [6.07, 6.45) is 5.17. The van der Waals surface area contributed by atoms with Gasteiger partial charge in [0, 0.05) is 18.5 Å². The van der Waals surface area contributed by atoms with Crippen LogP contribution in [0, 0.1) is 0 Å². The lowest BCUT2D eigenvalue weighted by Crippen LogP contribution is -2.45. The molecule has 0 spiro atoms. The smallest absolute Gasteiger partial charge is 0.103 e. The molecule has 1 atom stereocenters. The summed E-state index contributed by atoms with van der Waals surface area (Å²) in [6.45, 7) is 2.34. The molecule has 1 fully saturated rings. The van der Waals surface area contributed by atoms with E-state index in [1.54, 1.807) is 6.26 Å². The zero-order valence-corrected chi connectivity index (χ0v) is 9.62. The standard InChI is InChI=1S/C12H20N2O/c1-13-12(7-8-14(2)10-12)6-5-11-4-3-9-15-11/h3-4,9,13H,5-8,10H2,1-2H3. The molecule has 2 rings (SSSR count). The highest BCUT2D eigenvalue weighted by Gasteiger charge is 2.34. The fourth-order valence-corrected chi connectivity index (χ4v) is 2.43. The second-order valence-electron chi connectivity index (χ2n) is 4.60. The molecule has 1 aromatic rings. The fourth-order valence-electron chi connectivity index (χ4n) is 2.43. The third-order valence-corrected chi connectivity index (χ3v) is 3.51. The number of likely N-dealkylation sites (tertiary alicyclic amines) is 1. The molecule has 1 unspecified atom stereocenters. The molecule has 3 heteroatoms. The summed E-state index contributed by atoms with van der Waals surface area (Å²) in [5.74, 6) is 1.10. The molecule has 15 heavy (non-hydrogen) atoms. The number of nitrogens with one attached hydrogen (secondary N) is 1. The van der Waals surface area contributed by atoms with Crippen LogP contribution in [0.5, 0.6) is 0 Å². The molecule has 84 valence electrons. The number of aryl methyl sites for hydroxylation is 1. The molecule has 0 saturated carbocycles. The zero-order chi connectivity index (χ0) is 10.7. The number of furan rings is 1. The zero-order valence-electron chi connectivity index (χ0n) is 9.62. The molecule has 3 nitrogen and oxygen atoms in total. The van der Waals surface area contributed by atoms with Gasteiger partial charge in [-0.25, -0.2) is 0 Å². The minimum Gasteiger partial charge on any atom is -0.469 e. The highest BCUT2D eigenvalue weighted by molar-refractivity contribution is 5.03. The maximum Gasteiger partial charge on any atom is 0.103 e. The van der Waals surface area contributed by atoms with Gasteiger partial charge in [-0.15, -0.1) is 0 Å². The van der Waals surface area contributed by atoms with E-state index in [1.165, 1.54) is 13.0 Å². The summed E-state index contributed by atoms with van der Waals surface area (Å²) in [7, 11) is 4.26. The molecule has 1 aliphatic rings. The number of hydrogen-bond donors (Lipinski definition) is 1. The van der Waals surface area contributed by atoms with Gasteiger partial charge in [-0.1, -0.05) is 0 Å². The molecule has 0 aromatic carbocycles. The van der Waals surface area contributed by atoms with Gasteiger partial charge in [0.1, 0.15) is 5.76 Å². The van der Waals surface area contributed by atoms with E-state index >= 15 is 0 Å². The van der Waals surface area contributed by atoms with Gasteiger partial charge >= 0.3 is 0 Å². The summed E-state index contributed by atoms with van der Waals surface area (Å²) in [6, 6.07) is 4.02. The van der Waals surface area contributed by atoms with Crippen LogP contribution in [-0.2, 0) is 6.42 Å². The molecule has 0 radical (unpaired) electrons. The monoisotopic (exact) mass is 208 g/mol. The first-order valence-electron chi connectivity index (χ1n) is 5.64. The van der Waals surface area contributed by atoms with Crippen molar-refractivity contribution in [1.82, 2.24) is 10.2 Å². The number of likely N-dealkylation sites (N-methyl/N-ethyl adjacent to an activating group) is 2. The number of rotatable bonds is 4. The topological polar surface area (TPSA) is 28.4 Å². The third-order valence-electron chi connectivity index (χ3n) is 3.51.